The number of furan rings is 2. The van der Waals surface area contributed by atoms with Crippen LogP contribution in [0.5, 0.6) is 0 Å². The lowest BCUT2D eigenvalue weighted by atomic mass is 9.85. The number of benzene rings is 12. The van der Waals surface area contributed by atoms with E-state index in [9.17, 15) is 0 Å². The van der Waals surface area contributed by atoms with Crippen molar-refractivity contribution in [1.82, 2.24) is 19.5 Å². The topological polar surface area (TPSA) is 69.9 Å². The van der Waals surface area contributed by atoms with Crippen molar-refractivity contribution in [3.8, 4) is 51.0 Å². The smallest absolute Gasteiger partial charge is 0.167 e. The number of para-hydroxylation sites is 1. The Balaban J connectivity index is 0.952. The predicted octanol–water partition coefficient (Wildman–Crippen LogP) is 19.0. The van der Waals surface area contributed by atoms with Crippen molar-refractivity contribution < 1.29 is 8.83 Å². The lowest BCUT2D eigenvalue weighted by Crippen LogP contribution is -2.04. The van der Waals surface area contributed by atoms with Gasteiger partial charge < -0.3 is 13.4 Å². The Morgan fingerprint density at radius 2 is 0.974 bits per heavy atom. The molecule has 1 aliphatic rings. The summed E-state index contributed by atoms with van der Waals surface area (Å²) in [6.45, 7) is 0. The van der Waals surface area contributed by atoms with Gasteiger partial charge in [0, 0.05) is 49.4 Å². The summed E-state index contributed by atoms with van der Waals surface area (Å²) in [4.78, 5) is 16.5. The lowest BCUT2D eigenvalue weighted by Gasteiger charge is -2.20. The van der Waals surface area contributed by atoms with Crippen LogP contribution in [0.2, 0.25) is 0 Å². The second-order valence-electron chi connectivity index (χ2n) is 20.9. The van der Waals surface area contributed by atoms with Crippen LogP contribution in [0.25, 0.3) is 149 Å². The number of hydrogen-bond acceptors (Lipinski definition) is 5. The monoisotopic (exact) mass is 996 g/mol. The van der Waals surface area contributed by atoms with Crippen molar-refractivity contribution >= 4 is 98.0 Å². The molecule has 0 unspecified atom stereocenters. The molecule has 0 spiro atoms. The van der Waals surface area contributed by atoms with E-state index in [1.54, 1.807) is 0 Å². The standard InChI is InChI=1S/C72H44N4O2/c1-2-14-42(15-3-1)52-30-26-43-16-8-10-22-51(43)54-31-28-49(38-58(52)54)70-73-71(50-29-35-66-61(39-50)55-24-12-13-25-65(55)77-66)75-72(74-70)57-33-34-62(67-56-32-27-44-17-9-11-23-53(44)68(56)78-69(57)67)76-63-40-47-20-6-4-18-45(47)36-59(63)60-37-46-19-5-7-21-48(46)41-64(60)76/h1-25,27-29,31-41,52H,26,30H2/t52-/m1/s1. The average Bonchev–Trinajstić information content (AvgIpc) is 4.34. The molecule has 4 heterocycles. The number of aryl methyl sites for hydroxylation is 1. The molecule has 12 aromatic carbocycles. The third-order valence-electron chi connectivity index (χ3n) is 16.6. The van der Waals surface area contributed by atoms with Crippen LogP contribution in [0.1, 0.15) is 29.0 Å². The van der Waals surface area contributed by atoms with Crippen molar-refractivity contribution in [2.24, 2.45) is 0 Å². The van der Waals surface area contributed by atoms with Gasteiger partial charge in [-0.25, -0.2) is 15.0 Å². The number of aromatic nitrogens is 4. The maximum absolute atomic E-state index is 7.40. The molecule has 0 bridgehead atoms. The summed E-state index contributed by atoms with van der Waals surface area (Å²) in [7, 11) is 0. The fourth-order valence-electron chi connectivity index (χ4n) is 12.9. The molecule has 0 fully saturated rings. The third-order valence-corrected chi connectivity index (χ3v) is 16.6. The largest absolute Gasteiger partial charge is 0.456 e. The van der Waals surface area contributed by atoms with Crippen molar-refractivity contribution in [3.05, 3.63) is 253 Å². The highest BCUT2D eigenvalue weighted by atomic mass is 16.3. The molecule has 0 radical (unpaired) electrons. The molecule has 1 atom stereocenters. The Morgan fingerprint density at radius 1 is 0.372 bits per heavy atom. The molecule has 0 saturated heterocycles. The zero-order valence-corrected chi connectivity index (χ0v) is 42.1. The van der Waals surface area contributed by atoms with Crippen LogP contribution in [0, 0.1) is 0 Å². The maximum atomic E-state index is 7.40. The van der Waals surface area contributed by atoms with E-state index in [1.165, 1.54) is 60.1 Å². The van der Waals surface area contributed by atoms with Crippen LogP contribution in [0.4, 0.5) is 0 Å². The molecule has 364 valence electrons. The quantitative estimate of drug-likeness (QED) is 0.172. The van der Waals surface area contributed by atoms with E-state index in [0.29, 0.717) is 23.1 Å². The highest BCUT2D eigenvalue weighted by molar-refractivity contribution is 6.22. The minimum Gasteiger partial charge on any atom is -0.456 e. The van der Waals surface area contributed by atoms with Crippen molar-refractivity contribution in [3.63, 3.8) is 0 Å². The molecule has 0 amide bonds. The van der Waals surface area contributed by atoms with Gasteiger partial charge in [0.05, 0.1) is 27.7 Å². The molecule has 16 aromatic rings. The molecule has 1 aliphatic carbocycles. The molecule has 6 nitrogen and oxygen atoms in total. The van der Waals surface area contributed by atoms with Gasteiger partial charge in [0.2, 0.25) is 0 Å². The van der Waals surface area contributed by atoms with Crippen LogP contribution in [0.3, 0.4) is 0 Å². The normalized spacial score (nSPS) is 13.7. The molecular weight excluding hydrogens is 953 g/mol. The summed E-state index contributed by atoms with van der Waals surface area (Å²) >= 11 is 0. The fraction of sp³-hybridized carbons (Fsp3) is 0.0417. The van der Waals surface area contributed by atoms with Crippen molar-refractivity contribution in [2.75, 3.05) is 0 Å². The second kappa shape index (κ2) is 16.7. The van der Waals surface area contributed by atoms with Crippen LogP contribution in [0.15, 0.2) is 245 Å². The Labute approximate surface area is 447 Å². The van der Waals surface area contributed by atoms with E-state index >= 15 is 0 Å². The molecule has 17 rings (SSSR count). The number of rotatable bonds is 5. The van der Waals surface area contributed by atoms with Gasteiger partial charge in [0.1, 0.15) is 22.3 Å². The predicted molar refractivity (Wildman–Crippen MR) is 320 cm³/mol. The number of nitrogens with zero attached hydrogens (tertiary/aromatic N) is 4. The minimum atomic E-state index is 0.167. The molecule has 0 saturated carbocycles. The van der Waals surface area contributed by atoms with Gasteiger partial charge in [-0.3, -0.25) is 0 Å². The van der Waals surface area contributed by atoms with E-state index < -0.39 is 0 Å². The van der Waals surface area contributed by atoms with E-state index in [1.807, 2.05) is 18.2 Å². The Morgan fingerprint density at radius 3 is 1.74 bits per heavy atom. The Bertz CT molecular complexity index is 5090. The first-order valence-corrected chi connectivity index (χ1v) is 26.8. The second-order valence-corrected chi connectivity index (χ2v) is 20.9. The van der Waals surface area contributed by atoms with E-state index in [0.717, 1.165) is 95.3 Å². The Hall–Kier alpha value is -10.2. The average molecular weight is 997 g/mol. The van der Waals surface area contributed by atoms with Gasteiger partial charge in [0.25, 0.3) is 0 Å². The van der Waals surface area contributed by atoms with Crippen LogP contribution in [-0.2, 0) is 6.42 Å². The number of hydrogen-bond donors (Lipinski definition) is 0. The van der Waals surface area contributed by atoms with Crippen LogP contribution < -0.4 is 0 Å². The van der Waals surface area contributed by atoms with Gasteiger partial charge in [-0.2, -0.15) is 0 Å². The zero-order valence-electron chi connectivity index (χ0n) is 42.1. The highest BCUT2D eigenvalue weighted by Gasteiger charge is 2.28. The maximum Gasteiger partial charge on any atom is 0.167 e. The van der Waals surface area contributed by atoms with E-state index in [2.05, 4.69) is 223 Å². The van der Waals surface area contributed by atoms with Crippen molar-refractivity contribution in [2.45, 2.75) is 18.8 Å². The van der Waals surface area contributed by atoms with Gasteiger partial charge >= 0.3 is 0 Å². The Kier molecular flexibility index (Phi) is 9.21. The molecule has 0 aliphatic heterocycles. The SMILES string of the molecule is c1ccc([C@H]2CCc3ccccc3-c3ccc(-c4nc(-c5ccc6oc7ccccc7c6c5)nc(-c5ccc(-n6c7cc8ccccc8cc7c7cc8ccccc8cc76)c6c5oc5c7ccccc7ccc56)n4)cc32)cc1. The van der Waals surface area contributed by atoms with Gasteiger partial charge in [-0.15, -0.1) is 0 Å². The summed E-state index contributed by atoms with van der Waals surface area (Å²) in [5, 5.41) is 13.3. The highest BCUT2D eigenvalue weighted by Crippen LogP contribution is 2.47. The molecule has 0 N–H and O–H groups in total. The molecule has 4 aromatic heterocycles. The van der Waals surface area contributed by atoms with Crippen LogP contribution in [-0.4, -0.2) is 19.5 Å². The lowest BCUT2D eigenvalue weighted by molar-refractivity contribution is 0.669. The summed E-state index contributed by atoms with van der Waals surface area (Å²) in [6, 6.07) is 85.1. The van der Waals surface area contributed by atoms with E-state index in [4.69, 9.17) is 23.8 Å². The zero-order chi connectivity index (χ0) is 51.0. The first-order chi connectivity index (χ1) is 38.6. The van der Waals surface area contributed by atoms with Crippen molar-refractivity contribution in [1.29, 1.82) is 0 Å². The third kappa shape index (κ3) is 6.53. The summed E-state index contributed by atoms with van der Waals surface area (Å²) in [5.74, 6) is 1.83. The van der Waals surface area contributed by atoms with Crippen LogP contribution >= 0.6 is 0 Å². The summed E-state index contributed by atoms with van der Waals surface area (Å²) in [6.07, 6.45) is 1.96. The minimum absolute atomic E-state index is 0.167. The fourth-order valence-corrected chi connectivity index (χ4v) is 12.9. The molecule has 6 heteroatoms. The van der Waals surface area contributed by atoms with Gasteiger partial charge in [-0.1, -0.05) is 164 Å². The first-order valence-electron chi connectivity index (χ1n) is 26.8. The van der Waals surface area contributed by atoms with E-state index in [-0.39, 0.29) is 5.92 Å². The molecule has 78 heavy (non-hydrogen) atoms. The van der Waals surface area contributed by atoms with Gasteiger partial charge in [-0.05, 0) is 140 Å². The summed E-state index contributed by atoms with van der Waals surface area (Å²) in [5.41, 5.74) is 15.4. The number of fused-ring (bicyclic) bond motifs is 16. The molecular formula is C72H44N4O2. The first kappa shape index (κ1) is 43.1. The van der Waals surface area contributed by atoms with Gasteiger partial charge in [0.15, 0.2) is 17.5 Å². The summed E-state index contributed by atoms with van der Waals surface area (Å²) < 4.78 is 16.2.